The Hall–Kier alpha value is -3.30. The molecule has 0 aliphatic carbocycles. The quantitative estimate of drug-likeness (QED) is 0.393. The maximum absolute atomic E-state index is 13.1. The Morgan fingerprint density at radius 3 is 2.67 bits per heavy atom. The van der Waals surface area contributed by atoms with Crippen LogP contribution in [0.2, 0.25) is 5.02 Å². The van der Waals surface area contributed by atoms with Crippen molar-refractivity contribution >= 4 is 41.0 Å². The Labute approximate surface area is 199 Å². The lowest BCUT2D eigenvalue weighted by Crippen LogP contribution is -2.33. The van der Waals surface area contributed by atoms with E-state index in [9.17, 15) is 14.4 Å². The lowest BCUT2D eigenvalue weighted by atomic mass is 9.87. The summed E-state index contributed by atoms with van der Waals surface area (Å²) in [6, 6.07) is 14.4. The Morgan fingerprint density at radius 1 is 1.24 bits per heavy atom. The van der Waals surface area contributed by atoms with Gasteiger partial charge in [0, 0.05) is 30.2 Å². The van der Waals surface area contributed by atoms with E-state index in [1.54, 1.807) is 35.9 Å². The molecule has 33 heavy (non-hydrogen) atoms. The molecule has 1 aromatic heterocycles. The fourth-order valence-corrected chi connectivity index (χ4v) is 4.91. The lowest BCUT2D eigenvalue weighted by molar-refractivity contribution is -0.120. The molecule has 2 aromatic carbocycles. The smallest absolute Gasteiger partial charge is 0.279 e. The summed E-state index contributed by atoms with van der Waals surface area (Å²) in [7, 11) is 1.77. The van der Waals surface area contributed by atoms with Gasteiger partial charge >= 0.3 is 0 Å². The van der Waals surface area contributed by atoms with Crippen LogP contribution >= 0.6 is 23.4 Å². The topological polar surface area (TPSA) is 116 Å². The van der Waals surface area contributed by atoms with Gasteiger partial charge in [0.15, 0.2) is 11.8 Å². The van der Waals surface area contributed by atoms with Crippen LogP contribution in [0.3, 0.4) is 0 Å². The zero-order chi connectivity index (χ0) is 23.5. The van der Waals surface area contributed by atoms with E-state index < -0.39 is 11.8 Å². The highest BCUT2D eigenvalue weighted by Crippen LogP contribution is 2.36. The molecular formula is C23H21ClN4O4S. The van der Waals surface area contributed by atoms with E-state index in [0.29, 0.717) is 33.1 Å². The van der Waals surface area contributed by atoms with Crippen molar-refractivity contribution in [2.45, 2.75) is 23.2 Å². The minimum atomic E-state index is -0.574. The third-order valence-corrected chi connectivity index (χ3v) is 6.73. The summed E-state index contributed by atoms with van der Waals surface area (Å²) in [5, 5.41) is 3.96. The number of rotatable bonds is 7. The molecule has 10 heteroatoms. The molecule has 3 N–H and O–H groups in total. The van der Waals surface area contributed by atoms with Crippen LogP contribution in [0.4, 0.5) is 5.82 Å². The standard InChI is InChI=1S/C23H21ClN4O4S/c1-28-21-20(22(31)27-23(28)33-12-14-4-2-3-5-17(14)24)16(10-19(30)26-21)13-6-8-15(9-7-13)32-11-18(25)29/h2-9,16H,10-12H2,1H3,(H2,25,29)(H,26,30)/t16-/m0/s1. The summed E-state index contributed by atoms with van der Waals surface area (Å²) >= 11 is 7.61. The molecule has 0 radical (unpaired) electrons. The number of amides is 2. The van der Waals surface area contributed by atoms with Gasteiger partial charge in [-0.15, -0.1) is 0 Å². The first kappa shape index (κ1) is 22.9. The average molecular weight is 485 g/mol. The first-order valence-corrected chi connectivity index (χ1v) is 11.5. The molecule has 3 aromatic rings. The number of benzene rings is 2. The molecule has 8 nitrogen and oxygen atoms in total. The summed E-state index contributed by atoms with van der Waals surface area (Å²) in [6.07, 6.45) is 0.123. The Bertz CT molecular complexity index is 1280. The van der Waals surface area contributed by atoms with Crippen LogP contribution < -0.4 is 21.3 Å². The molecule has 0 unspecified atom stereocenters. The number of halogens is 1. The molecule has 0 bridgehead atoms. The highest BCUT2D eigenvalue weighted by Gasteiger charge is 2.32. The van der Waals surface area contributed by atoms with Crippen molar-refractivity contribution in [2.75, 3.05) is 11.9 Å². The summed E-state index contributed by atoms with van der Waals surface area (Å²) in [6.45, 7) is -0.229. The van der Waals surface area contributed by atoms with Gasteiger partial charge in [-0.2, -0.15) is 4.98 Å². The van der Waals surface area contributed by atoms with Crippen LogP contribution in [0, 0.1) is 0 Å². The number of anilines is 1. The summed E-state index contributed by atoms with van der Waals surface area (Å²) in [5.74, 6) is 0.220. The molecule has 1 aliphatic rings. The van der Waals surface area contributed by atoms with Crippen molar-refractivity contribution in [3.05, 3.63) is 80.6 Å². The molecule has 1 aliphatic heterocycles. The molecule has 170 valence electrons. The molecule has 4 rings (SSSR count). The molecule has 0 spiro atoms. The number of carbonyl (C=O) groups is 2. The van der Waals surface area contributed by atoms with Crippen LogP contribution in [0.5, 0.6) is 5.75 Å². The average Bonchev–Trinajstić information content (AvgIpc) is 2.79. The molecular weight excluding hydrogens is 464 g/mol. The number of thioether (sulfide) groups is 1. The minimum absolute atomic E-state index is 0.123. The molecule has 0 saturated heterocycles. The van der Waals surface area contributed by atoms with E-state index in [2.05, 4.69) is 10.3 Å². The van der Waals surface area contributed by atoms with E-state index in [0.717, 1.165) is 11.1 Å². The predicted octanol–water partition coefficient (Wildman–Crippen LogP) is 3.06. The van der Waals surface area contributed by atoms with Crippen LogP contribution in [-0.4, -0.2) is 28.0 Å². The van der Waals surface area contributed by atoms with Crippen molar-refractivity contribution in [3.8, 4) is 5.75 Å². The van der Waals surface area contributed by atoms with Gasteiger partial charge in [-0.25, -0.2) is 0 Å². The number of carbonyl (C=O) groups excluding carboxylic acids is 2. The SMILES string of the molecule is Cn1c(SCc2ccccc2Cl)nc(=O)c2c1NC(=O)C[C@H]2c1ccc(OCC(N)=O)cc1. The number of nitrogens with two attached hydrogens (primary N) is 1. The number of hydrogen-bond donors (Lipinski definition) is 2. The molecule has 1 atom stereocenters. The fraction of sp³-hybridized carbons (Fsp3) is 0.217. The number of hydrogen-bond acceptors (Lipinski definition) is 6. The normalized spacial score (nSPS) is 15.0. The van der Waals surface area contributed by atoms with Crippen molar-refractivity contribution in [2.24, 2.45) is 12.8 Å². The summed E-state index contributed by atoms with van der Waals surface area (Å²) < 4.78 is 7.02. The van der Waals surface area contributed by atoms with Crippen molar-refractivity contribution in [1.82, 2.24) is 9.55 Å². The van der Waals surface area contributed by atoms with Crippen LogP contribution in [0.25, 0.3) is 0 Å². The predicted molar refractivity (Wildman–Crippen MR) is 127 cm³/mol. The number of aromatic nitrogens is 2. The van der Waals surface area contributed by atoms with Crippen molar-refractivity contribution in [3.63, 3.8) is 0 Å². The molecule has 2 amide bonds. The van der Waals surface area contributed by atoms with Gasteiger partial charge in [-0.1, -0.05) is 53.7 Å². The zero-order valence-corrected chi connectivity index (χ0v) is 19.3. The van der Waals surface area contributed by atoms with Gasteiger partial charge in [-0.3, -0.25) is 14.4 Å². The molecule has 0 saturated carbocycles. The zero-order valence-electron chi connectivity index (χ0n) is 17.7. The second-order valence-corrected chi connectivity index (χ2v) is 8.88. The third kappa shape index (κ3) is 5.04. The Kier molecular flexibility index (Phi) is 6.71. The Balaban J connectivity index is 1.64. The first-order valence-electron chi connectivity index (χ1n) is 10.1. The molecule has 0 fully saturated rings. The van der Waals surface area contributed by atoms with E-state index in [1.807, 2.05) is 24.3 Å². The number of nitrogens with zero attached hydrogens (tertiary/aromatic N) is 2. The van der Waals surface area contributed by atoms with Crippen molar-refractivity contribution < 1.29 is 14.3 Å². The highest BCUT2D eigenvalue weighted by atomic mass is 35.5. The largest absolute Gasteiger partial charge is 0.484 e. The van der Waals surface area contributed by atoms with Gasteiger partial charge in [0.05, 0.1) is 5.56 Å². The van der Waals surface area contributed by atoms with Crippen LogP contribution in [-0.2, 0) is 22.4 Å². The molecule has 2 heterocycles. The number of nitrogens with one attached hydrogen (secondary N) is 1. The third-order valence-electron chi connectivity index (χ3n) is 5.28. The second kappa shape index (κ2) is 9.68. The van der Waals surface area contributed by atoms with Crippen LogP contribution in [0.1, 0.15) is 29.0 Å². The fourth-order valence-electron chi connectivity index (χ4n) is 3.66. The van der Waals surface area contributed by atoms with E-state index in [-0.39, 0.29) is 24.5 Å². The number of fused-ring (bicyclic) bond motifs is 1. The van der Waals surface area contributed by atoms with Crippen LogP contribution in [0.15, 0.2) is 58.5 Å². The Morgan fingerprint density at radius 2 is 1.97 bits per heavy atom. The van der Waals surface area contributed by atoms with E-state index in [4.69, 9.17) is 22.1 Å². The summed E-state index contributed by atoms with van der Waals surface area (Å²) in [5.41, 5.74) is 6.85. The summed E-state index contributed by atoms with van der Waals surface area (Å²) in [4.78, 5) is 40.8. The maximum Gasteiger partial charge on any atom is 0.279 e. The lowest BCUT2D eigenvalue weighted by Gasteiger charge is -2.27. The van der Waals surface area contributed by atoms with Gasteiger partial charge in [0.1, 0.15) is 11.6 Å². The van der Waals surface area contributed by atoms with Gasteiger partial charge in [-0.05, 0) is 29.3 Å². The number of primary amides is 1. The second-order valence-electron chi connectivity index (χ2n) is 7.53. The van der Waals surface area contributed by atoms with Gasteiger partial charge < -0.3 is 20.4 Å². The van der Waals surface area contributed by atoms with E-state index in [1.165, 1.54) is 11.8 Å². The van der Waals surface area contributed by atoms with Crippen molar-refractivity contribution in [1.29, 1.82) is 0 Å². The highest BCUT2D eigenvalue weighted by molar-refractivity contribution is 7.98. The first-order chi connectivity index (χ1) is 15.8. The number of ether oxygens (including phenoxy) is 1. The minimum Gasteiger partial charge on any atom is -0.484 e. The van der Waals surface area contributed by atoms with Gasteiger partial charge in [0.2, 0.25) is 5.91 Å². The van der Waals surface area contributed by atoms with Gasteiger partial charge in [0.25, 0.3) is 11.5 Å². The maximum atomic E-state index is 13.1. The monoisotopic (exact) mass is 484 g/mol. The van der Waals surface area contributed by atoms with E-state index >= 15 is 0 Å².